The van der Waals surface area contributed by atoms with Gasteiger partial charge < -0.3 is 5.11 Å². The summed E-state index contributed by atoms with van der Waals surface area (Å²) in [6, 6.07) is 22.9. The van der Waals surface area contributed by atoms with Crippen molar-refractivity contribution in [2.24, 2.45) is 5.10 Å². The van der Waals surface area contributed by atoms with Gasteiger partial charge in [-0.3, -0.25) is 5.43 Å². The number of nitrogens with zero attached hydrogens (tertiary/aromatic N) is 3. The number of nitrogens with one attached hydrogen (secondary N) is 1. The lowest BCUT2D eigenvalue weighted by Crippen LogP contribution is -1.99. The second-order valence-corrected chi connectivity index (χ2v) is 6.21. The zero-order chi connectivity index (χ0) is 18.6. The van der Waals surface area contributed by atoms with Crippen LogP contribution in [0.25, 0.3) is 22.3 Å². The fraction of sp³-hybridized carbons (Fsp3) is 0.0455. The molecule has 27 heavy (non-hydrogen) atoms. The lowest BCUT2D eigenvalue weighted by atomic mass is 10.1. The average molecular weight is 354 g/mol. The maximum atomic E-state index is 9.85. The Morgan fingerprint density at radius 2 is 1.63 bits per heavy atom. The molecule has 4 aromatic rings. The molecule has 0 spiro atoms. The number of aromatic nitrogens is 2. The lowest BCUT2D eigenvalue weighted by Gasteiger charge is -2.08. The van der Waals surface area contributed by atoms with E-state index in [1.807, 2.05) is 61.5 Å². The summed E-state index contributed by atoms with van der Waals surface area (Å²) in [6.07, 6.45) is 1.57. The first-order valence-electron chi connectivity index (χ1n) is 8.61. The smallest absolute Gasteiger partial charge is 0.162 e. The van der Waals surface area contributed by atoms with Gasteiger partial charge in [-0.1, -0.05) is 54.1 Å². The van der Waals surface area contributed by atoms with E-state index in [9.17, 15) is 5.11 Å². The lowest BCUT2D eigenvalue weighted by molar-refractivity contribution is 0.474. The van der Waals surface area contributed by atoms with Crippen LogP contribution in [0.4, 0.5) is 5.82 Å². The minimum atomic E-state index is 0.177. The van der Waals surface area contributed by atoms with E-state index < -0.39 is 0 Å². The maximum absolute atomic E-state index is 9.85. The molecule has 132 valence electrons. The second-order valence-electron chi connectivity index (χ2n) is 6.21. The Kier molecular flexibility index (Phi) is 4.49. The summed E-state index contributed by atoms with van der Waals surface area (Å²) in [6.45, 7) is 2.05. The fourth-order valence-corrected chi connectivity index (χ4v) is 2.75. The molecule has 2 N–H and O–H groups in total. The van der Waals surface area contributed by atoms with Crippen molar-refractivity contribution >= 4 is 22.9 Å². The Morgan fingerprint density at radius 1 is 0.889 bits per heavy atom. The Balaban J connectivity index is 1.72. The van der Waals surface area contributed by atoms with Crippen LogP contribution < -0.4 is 5.43 Å². The van der Waals surface area contributed by atoms with E-state index in [-0.39, 0.29) is 5.75 Å². The summed E-state index contributed by atoms with van der Waals surface area (Å²) >= 11 is 0. The third-order valence-corrected chi connectivity index (χ3v) is 4.22. The molecule has 5 heteroatoms. The molecule has 0 amide bonds. The van der Waals surface area contributed by atoms with Crippen LogP contribution in [0.1, 0.15) is 11.1 Å². The molecule has 0 aliphatic carbocycles. The summed E-state index contributed by atoms with van der Waals surface area (Å²) in [4.78, 5) is 9.33. The third kappa shape index (κ3) is 3.62. The third-order valence-electron chi connectivity index (χ3n) is 4.22. The molecular weight excluding hydrogens is 336 g/mol. The molecule has 5 nitrogen and oxygen atoms in total. The van der Waals surface area contributed by atoms with E-state index in [4.69, 9.17) is 0 Å². The van der Waals surface area contributed by atoms with Gasteiger partial charge in [0.05, 0.1) is 11.7 Å². The molecular formula is C22H18N4O. The largest absolute Gasteiger partial charge is 0.507 e. The van der Waals surface area contributed by atoms with Crippen LogP contribution in [0.15, 0.2) is 77.9 Å². The standard InChI is InChI=1S/C22H18N4O/c1-15-10-12-16(13-11-15)21-24-19-8-4-3-7-18(19)22(25-21)26-23-14-17-6-2-5-9-20(17)27/h2-14,27H,1H3,(H,24,25,26)/b23-14+. The molecule has 0 saturated carbocycles. The highest BCUT2D eigenvalue weighted by Crippen LogP contribution is 2.25. The Hall–Kier alpha value is -3.73. The summed E-state index contributed by atoms with van der Waals surface area (Å²) < 4.78 is 0. The van der Waals surface area contributed by atoms with Crippen LogP contribution in [0.2, 0.25) is 0 Å². The van der Waals surface area contributed by atoms with Gasteiger partial charge in [0.15, 0.2) is 11.6 Å². The first-order valence-corrected chi connectivity index (χ1v) is 8.61. The van der Waals surface area contributed by atoms with Gasteiger partial charge in [0.25, 0.3) is 0 Å². The number of aryl methyl sites for hydroxylation is 1. The van der Waals surface area contributed by atoms with Crippen LogP contribution in [0, 0.1) is 6.92 Å². The number of benzene rings is 3. The van der Waals surface area contributed by atoms with Crippen LogP contribution in [-0.4, -0.2) is 21.3 Å². The number of rotatable bonds is 4. The minimum absolute atomic E-state index is 0.177. The number of aromatic hydroxyl groups is 1. The number of para-hydroxylation sites is 2. The van der Waals surface area contributed by atoms with E-state index in [1.165, 1.54) is 5.56 Å². The molecule has 3 aromatic carbocycles. The molecule has 0 saturated heterocycles. The van der Waals surface area contributed by atoms with Crippen molar-refractivity contribution in [2.75, 3.05) is 5.43 Å². The zero-order valence-electron chi connectivity index (χ0n) is 14.8. The van der Waals surface area contributed by atoms with Gasteiger partial charge in [-0.05, 0) is 31.2 Å². The predicted octanol–water partition coefficient (Wildman–Crippen LogP) is 4.76. The van der Waals surface area contributed by atoms with Gasteiger partial charge >= 0.3 is 0 Å². The summed E-state index contributed by atoms with van der Waals surface area (Å²) in [5.41, 5.74) is 6.58. The molecule has 0 atom stereocenters. The number of phenolic OH excluding ortho intramolecular Hbond substituents is 1. The number of hydrogen-bond acceptors (Lipinski definition) is 5. The van der Waals surface area contributed by atoms with E-state index in [0.29, 0.717) is 17.2 Å². The molecule has 0 aliphatic heterocycles. The predicted molar refractivity (Wildman–Crippen MR) is 109 cm³/mol. The van der Waals surface area contributed by atoms with Crippen molar-refractivity contribution in [2.45, 2.75) is 6.92 Å². The molecule has 0 bridgehead atoms. The Morgan fingerprint density at radius 3 is 2.44 bits per heavy atom. The van der Waals surface area contributed by atoms with Crippen molar-refractivity contribution in [1.29, 1.82) is 0 Å². The first kappa shape index (κ1) is 16.7. The number of phenols is 1. The monoisotopic (exact) mass is 354 g/mol. The van der Waals surface area contributed by atoms with Crippen LogP contribution in [0.5, 0.6) is 5.75 Å². The molecule has 4 rings (SSSR count). The molecule has 0 fully saturated rings. The molecule has 0 radical (unpaired) electrons. The van der Waals surface area contributed by atoms with Crippen molar-refractivity contribution in [1.82, 2.24) is 9.97 Å². The van der Waals surface area contributed by atoms with E-state index in [0.717, 1.165) is 16.5 Å². The van der Waals surface area contributed by atoms with Crippen LogP contribution in [-0.2, 0) is 0 Å². The van der Waals surface area contributed by atoms with Gasteiger partial charge in [0, 0.05) is 16.5 Å². The van der Waals surface area contributed by atoms with Crippen molar-refractivity contribution < 1.29 is 5.11 Å². The molecule has 0 aliphatic rings. The number of hydrogen-bond donors (Lipinski definition) is 2. The SMILES string of the molecule is Cc1ccc(-c2nc(N/N=C/c3ccccc3O)c3ccccc3n2)cc1. The Labute approximate surface area is 157 Å². The van der Waals surface area contributed by atoms with Crippen molar-refractivity contribution in [3.05, 3.63) is 83.9 Å². The van der Waals surface area contributed by atoms with Gasteiger partial charge in [0.1, 0.15) is 5.75 Å². The van der Waals surface area contributed by atoms with Gasteiger partial charge in [0.2, 0.25) is 0 Å². The highest BCUT2D eigenvalue weighted by molar-refractivity contribution is 5.91. The number of anilines is 1. The summed E-state index contributed by atoms with van der Waals surface area (Å²) in [5.74, 6) is 1.42. The quantitative estimate of drug-likeness (QED) is 0.410. The second kappa shape index (κ2) is 7.25. The first-order chi connectivity index (χ1) is 13.2. The number of hydrazone groups is 1. The van der Waals surface area contributed by atoms with Crippen LogP contribution in [0.3, 0.4) is 0 Å². The maximum Gasteiger partial charge on any atom is 0.162 e. The normalized spacial score (nSPS) is 11.1. The highest BCUT2D eigenvalue weighted by atomic mass is 16.3. The van der Waals surface area contributed by atoms with E-state index in [2.05, 4.69) is 20.5 Å². The van der Waals surface area contributed by atoms with E-state index >= 15 is 0 Å². The van der Waals surface area contributed by atoms with Gasteiger partial charge in [-0.2, -0.15) is 5.10 Å². The number of fused-ring (bicyclic) bond motifs is 1. The van der Waals surface area contributed by atoms with E-state index in [1.54, 1.807) is 24.4 Å². The zero-order valence-corrected chi connectivity index (χ0v) is 14.8. The Bertz CT molecular complexity index is 1120. The van der Waals surface area contributed by atoms with Crippen molar-refractivity contribution in [3.8, 4) is 17.1 Å². The fourth-order valence-electron chi connectivity index (χ4n) is 2.75. The summed E-state index contributed by atoms with van der Waals surface area (Å²) in [7, 11) is 0. The van der Waals surface area contributed by atoms with Crippen LogP contribution >= 0.6 is 0 Å². The van der Waals surface area contributed by atoms with Gasteiger partial charge in [-0.15, -0.1) is 0 Å². The topological polar surface area (TPSA) is 70.4 Å². The molecule has 0 unspecified atom stereocenters. The van der Waals surface area contributed by atoms with Crippen molar-refractivity contribution in [3.63, 3.8) is 0 Å². The highest BCUT2D eigenvalue weighted by Gasteiger charge is 2.09. The summed E-state index contributed by atoms with van der Waals surface area (Å²) in [5, 5.41) is 15.0. The average Bonchev–Trinajstić information content (AvgIpc) is 2.70. The molecule has 1 aromatic heterocycles. The van der Waals surface area contributed by atoms with Gasteiger partial charge in [-0.25, -0.2) is 9.97 Å². The minimum Gasteiger partial charge on any atom is -0.507 e. The molecule has 1 heterocycles.